The van der Waals surface area contributed by atoms with E-state index in [4.69, 9.17) is 19.3 Å². The van der Waals surface area contributed by atoms with Crippen LogP contribution in [0.1, 0.15) is 142 Å². The molecule has 0 heterocycles. The van der Waals surface area contributed by atoms with Crippen molar-refractivity contribution in [3.05, 3.63) is 97.2 Å². The van der Waals surface area contributed by atoms with E-state index in [1.807, 2.05) is 36.5 Å². The van der Waals surface area contributed by atoms with Gasteiger partial charge in [0, 0.05) is 12.8 Å². The normalized spacial score (nSPS) is 13.5. The minimum atomic E-state index is -4.77. The molecule has 2 N–H and O–H groups in total. The smallest absolute Gasteiger partial charge is 0.462 e. The maximum Gasteiger partial charge on any atom is 0.469 e. The van der Waals surface area contributed by atoms with Crippen LogP contribution in [-0.2, 0) is 28.2 Å². The lowest BCUT2D eigenvalue weighted by molar-refractivity contribution is -0.161. The topological polar surface area (TPSA) is 119 Å². The number of esters is 2. The highest BCUT2D eigenvalue weighted by molar-refractivity contribution is 7.46. The fourth-order valence-electron chi connectivity index (χ4n) is 4.78. The van der Waals surface area contributed by atoms with Crippen LogP contribution in [0.4, 0.5) is 0 Å². The predicted octanol–water partition coefficient (Wildman–Crippen LogP) is 11.8. The number of rotatable bonds is 34. The first-order valence-corrected chi connectivity index (χ1v) is 21.1. The second-order valence-corrected chi connectivity index (χ2v) is 13.8. The van der Waals surface area contributed by atoms with Gasteiger partial charge in [-0.15, -0.1) is 0 Å². The molecule has 0 aliphatic rings. The summed E-state index contributed by atoms with van der Waals surface area (Å²) in [5, 5.41) is 0. The predicted molar refractivity (Wildman–Crippen MR) is 216 cm³/mol. The highest BCUT2D eigenvalue weighted by atomic mass is 31.2. The summed E-state index contributed by atoms with van der Waals surface area (Å²) in [6, 6.07) is 0. The van der Waals surface area contributed by atoms with Crippen molar-refractivity contribution in [1.82, 2.24) is 0 Å². The van der Waals surface area contributed by atoms with Crippen LogP contribution in [0.25, 0.3) is 0 Å². The summed E-state index contributed by atoms with van der Waals surface area (Å²) in [7, 11) is -4.77. The minimum absolute atomic E-state index is 0.172. The summed E-state index contributed by atoms with van der Waals surface area (Å²) in [5.41, 5.74) is 0. The van der Waals surface area contributed by atoms with Crippen molar-refractivity contribution < 1.29 is 37.9 Å². The lowest BCUT2D eigenvalue weighted by atomic mass is 10.1. The largest absolute Gasteiger partial charge is 0.469 e. The molecule has 0 unspecified atom stereocenters. The third-order valence-corrected chi connectivity index (χ3v) is 8.17. The number of phosphoric acid groups is 1. The first kappa shape index (κ1) is 49.0. The second-order valence-electron chi connectivity index (χ2n) is 12.6. The molecule has 0 fully saturated rings. The highest BCUT2D eigenvalue weighted by Gasteiger charge is 2.22. The molecule has 1 atom stereocenters. The lowest BCUT2D eigenvalue weighted by Gasteiger charge is -2.18. The average molecular weight is 745 g/mol. The summed E-state index contributed by atoms with van der Waals surface area (Å²) in [6.07, 6.45) is 51.2. The van der Waals surface area contributed by atoms with Gasteiger partial charge in [0.25, 0.3) is 0 Å². The van der Waals surface area contributed by atoms with Gasteiger partial charge in [0.2, 0.25) is 0 Å². The van der Waals surface area contributed by atoms with Crippen molar-refractivity contribution in [2.24, 2.45) is 0 Å². The lowest BCUT2D eigenvalue weighted by Crippen LogP contribution is -2.29. The summed E-state index contributed by atoms with van der Waals surface area (Å²) in [6.45, 7) is 3.45. The minimum Gasteiger partial charge on any atom is -0.462 e. The van der Waals surface area contributed by atoms with Gasteiger partial charge in [-0.2, -0.15) is 0 Å². The molecule has 0 aromatic carbocycles. The first-order valence-electron chi connectivity index (χ1n) is 19.6. The molecule has 0 amide bonds. The van der Waals surface area contributed by atoms with E-state index < -0.39 is 32.5 Å². The van der Waals surface area contributed by atoms with Gasteiger partial charge in [-0.3, -0.25) is 14.1 Å². The van der Waals surface area contributed by atoms with Crippen LogP contribution in [0.15, 0.2) is 97.2 Å². The van der Waals surface area contributed by atoms with Gasteiger partial charge < -0.3 is 19.3 Å². The van der Waals surface area contributed by atoms with E-state index in [9.17, 15) is 14.2 Å². The van der Waals surface area contributed by atoms with E-state index in [0.29, 0.717) is 12.8 Å². The Morgan fingerprint density at radius 2 is 1.00 bits per heavy atom. The summed E-state index contributed by atoms with van der Waals surface area (Å²) in [5.74, 6) is -0.960. The molecule has 52 heavy (non-hydrogen) atoms. The van der Waals surface area contributed by atoms with Crippen molar-refractivity contribution in [2.45, 2.75) is 148 Å². The van der Waals surface area contributed by atoms with Crippen LogP contribution in [0.5, 0.6) is 0 Å². The molecule has 0 aromatic rings. The Bertz CT molecular complexity index is 1160. The van der Waals surface area contributed by atoms with Gasteiger partial charge >= 0.3 is 19.8 Å². The van der Waals surface area contributed by atoms with Gasteiger partial charge in [-0.1, -0.05) is 150 Å². The fraction of sp³-hybridized carbons (Fsp3) is 0.581. The molecule has 0 saturated carbocycles. The molecule has 8 nitrogen and oxygen atoms in total. The number of hydrogen-bond acceptors (Lipinski definition) is 6. The van der Waals surface area contributed by atoms with Gasteiger partial charge in [0.15, 0.2) is 6.10 Å². The first-order chi connectivity index (χ1) is 25.3. The molecule has 0 saturated heterocycles. The zero-order chi connectivity index (χ0) is 38.2. The highest BCUT2D eigenvalue weighted by Crippen LogP contribution is 2.36. The molecule has 0 aromatic heterocycles. The van der Waals surface area contributed by atoms with Gasteiger partial charge in [0.05, 0.1) is 6.61 Å². The van der Waals surface area contributed by atoms with E-state index in [1.54, 1.807) is 0 Å². The number of hydrogen-bond donors (Lipinski definition) is 2. The van der Waals surface area contributed by atoms with Crippen molar-refractivity contribution in [1.29, 1.82) is 0 Å². The van der Waals surface area contributed by atoms with Crippen molar-refractivity contribution in [2.75, 3.05) is 13.2 Å². The van der Waals surface area contributed by atoms with E-state index in [2.05, 4.69) is 79.1 Å². The van der Waals surface area contributed by atoms with Gasteiger partial charge in [0.1, 0.15) is 6.61 Å². The third kappa shape index (κ3) is 39.8. The Kier molecular flexibility index (Phi) is 35.5. The van der Waals surface area contributed by atoms with Crippen molar-refractivity contribution in [3.63, 3.8) is 0 Å². The Labute approximate surface area is 315 Å². The summed E-state index contributed by atoms with van der Waals surface area (Å²) < 4.78 is 26.3. The Morgan fingerprint density at radius 3 is 1.58 bits per heavy atom. The number of carbonyl (C=O) groups is 2. The number of allylic oxidation sites excluding steroid dienone is 16. The van der Waals surface area contributed by atoms with Crippen LogP contribution in [0, 0.1) is 0 Å². The van der Waals surface area contributed by atoms with Gasteiger partial charge in [-0.25, -0.2) is 4.57 Å². The Balaban J connectivity index is 4.09. The molecule has 294 valence electrons. The van der Waals surface area contributed by atoms with Crippen molar-refractivity contribution >= 4 is 19.8 Å². The molecule has 9 heteroatoms. The molecule has 0 rings (SSSR count). The Morgan fingerprint density at radius 1 is 0.538 bits per heavy atom. The molecule has 0 aliphatic carbocycles. The third-order valence-electron chi connectivity index (χ3n) is 7.68. The van der Waals surface area contributed by atoms with Crippen LogP contribution in [-0.4, -0.2) is 41.0 Å². The molecule has 0 radical (unpaired) electrons. The molecule has 0 aliphatic heterocycles. The second kappa shape index (κ2) is 37.7. The SMILES string of the molecule is CC/C=C/C=C/C=C/C=C/CCCCCCCC(=O)O[C@H](COC(=O)CCCCC/C=C/C/C=C/C/C=C/C/C=C/CCCCC)COP(=O)(O)O. The van der Waals surface area contributed by atoms with E-state index in [1.165, 1.54) is 25.7 Å². The van der Waals surface area contributed by atoms with Gasteiger partial charge in [-0.05, 0) is 77.0 Å². The van der Waals surface area contributed by atoms with Crippen LogP contribution < -0.4 is 0 Å². The quantitative estimate of drug-likeness (QED) is 0.0220. The maximum absolute atomic E-state index is 12.4. The van der Waals surface area contributed by atoms with E-state index >= 15 is 0 Å². The van der Waals surface area contributed by atoms with Crippen molar-refractivity contribution in [3.8, 4) is 0 Å². The van der Waals surface area contributed by atoms with E-state index in [-0.39, 0.29) is 19.4 Å². The number of ether oxygens (including phenoxy) is 2. The standard InChI is InChI=1S/C43H69O8P/c1-3-5-7-9-11-13-15-17-19-20-21-22-24-25-27-29-31-33-35-37-42(44)49-39-41(40-50-52(46,47)48)51-43(45)38-36-34-32-30-28-26-23-18-16-14-12-10-8-6-4-2/h6,8,10-14,16-19,21-23,25,27,41H,3-5,7,9,15,20,24,26,28-40H2,1-2H3,(H2,46,47,48)/b8-6+,12-10+,13-11+,16-14+,19-17+,22-21+,23-18+,27-25+/t41-/m1/s1. The monoisotopic (exact) mass is 744 g/mol. The van der Waals surface area contributed by atoms with Crippen LogP contribution >= 0.6 is 7.82 Å². The Hall–Kier alpha value is -3.03. The average Bonchev–Trinajstić information content (AvgIpc) is 3.11. The van der Waals surface area contributed by atoms with Crippen LogP contribution in [0.3, 0.4) is 0 Å². The fourth-order valence-corrected chi connectivity index (χ4v) is 5.14. The maximum atomic E-state index is 12.4. The summed E-state index contributed by atoms with van der Waals surface area (Å²) >= 11 is 0. The molecule has 0 spiro atoms. The van der Waals surface area contributed by atoms with Crippen LogP contribution in [0.2, 0.25) is 0 Å². The number of carbonyl (C=O) groups excluding carboxylic acids is 2. The molecule has 0 bridgehead atoms. The molecular formula is C43H69O8P. The summed E-state index contributed by atoms with van der Waals surface area (Å²) in [4.78, 5) is 42.8. The zero-order valence-electron chi connectivity index (χ0n) is 32.2. The van der Waals surface area contributed by atoms with E-state index in [0.717, 1.165) is 77.0 Å². The zero-order valence-corrected chi connectivity index (χ0v) is 33.1. The number of phosphoric ester groups is 1. The molecular weight excluding hydrogens is 675 g/mol. The number of unbranched alkanes of at least 4 members (excludes halogenated alkanes) is 11.